The van der Waals surface area contributed by atoms with Gasteiger partial charge in [0.05, 0.1) is 5.02 Å². The maximum Gasteiger partial charge on any atom is 0.269 e. The number of amides is 2. The van der Waals surface area contributed by atoms with Gasteiger partial charge in [0.25, 0.3) is 5.91 Å². The molecule has 20 heavy (non-hydrogen) atoms. The van der Waals surface area contributed by atoms with E-state index >= 15 is 0 Å². The van der Waals surface area contributed by atoms with Crippen LogP contribution in [0.3, 0.4) is 0 Å². The molecule has 0 spiro atoms. The molecule has 1 aliphatic heterocycles. The van der Waals surface area contributed by atoms with E-state index in [-0.39, 0.29) is 17.9 Å². The second kappa shape index (κ2) is 6.70. The Morgan fingerprint density at radius 2 is 2.30 bits per heavy atom. The van der Waals surface area contributed by atoms with E-state index in [0.717, 1.165) is 19.4 Å². The predicted molar refractivity (Wildman–Crippen MR) is 76.6 cm³/mol. The molecule has 1 aromatic rings. The lowest BCUT2D eigenvalue weighted by Gasteiger charge is -2.32. The molecule has 0 bridgehead atoms. The number of hydrogen-bond acceptors (Lipinski definition) is 3. The topological polar surface area (TPSA) is 62.3 Å². The van der Waals surface area contributed by atoms with Crippen LogP contribution in [-0.4, -0.2) is 40.8 Å². The highest BCUT2D eigenvalue weighted by Crippen LogP contribution is 2.13. The zero-order chi connectivity index (χ0) is 14.5. The van der Waals surface area contributed by atoms with Crippen molar-refractivity contribution in [1.82, 2.24) is 15.2 Å². The summed E-state index contributed by atoms with van der Waals surface area (Å²) in [4.78, 5) is 29.5. The van der Waals surface area contributed by atoms with Crippen LogP contribution in [0.4, 0.5) is 0 Å². The van der Waals surface area contributed by atoms with Crippen LogP contribution in [0.25, 0.3) is 0 Å². The van der Waals surface area contributed by atoms with Crippen molar-refractivity contribution in [2.24, 2.45) is 0 Å². The van der Waals surface area contributed by atoms with Gasteiger partial charge in [-0.15, -0.1) is 0 Å². The number of aromatic nitrogens is 1. The Bertz CT molecular complexity index is 490. The van der Waals surface area contributed by atoms with Crippen molar-refractivity contribution in [2.75, 3.05) is 13.1 Å². The summed E-state index contributed by atoms with van der Waals surface area (Å²) in [6.45, 7) is 3.14. The highest BCUT2D eigenvalue weighted by molar-refractivity contribution is 6.30. The third kappa shape index (κ3) is 3.70. The average molecular weight is 296 g/mol. The van der Waals surface area contributed by atoms with Crippen molar-refractivity contribution in [3.63, 3.8) is 0 Å². The molecule has 1 aromatic heterocycles. The summed E-state index contributed by atoms with van der Waals surface area (Å²) in [5.41, 5.74) is 0.326. The lowest BCUT2D eigenvalue weighted by Crippen LogP contribution is -2.47. The number of hydrogen-bond donors (Lipinski definition) is 1. The molecular weight excluding hydrogens is 278 g/mol. The second-order valence-electron chi connectivity index (χ2n) is 4.96. The molecule has 2 amide bonds. The predicted octanol–water partition coefficient (Wildman–Crippen LogP) is 1.87. The van der Waals surface area contributed by atoms with E-state index in [9.17, 15) is 9.59 Å². The Morgan fingerprint density at radius 1 is 1.50 bits per heavy atom. The molecule has 0 unspecified atom stereocenters. The van der Waals surface area contributed by atoms with E-state index in [0.29, 0.717) is 23.7 Å². The number of carbonyl (C=O) groups excluding carboxylic acids is 2. The normalized spacial score (nSPS) is 16.9. The number of nitrogens with zero attached hydrogens (tertiary/aromatic N) is 2. The van der Waals surface area contributed by atoms with E-state index in [2.05, 4.69) is 10.3 Å². The van der Waals surface area contributed by atoms with E-state index in [4.69, 9.17) is 11.6 Å². The van der Waals surface area contributed by atoms with E-state index in [1.807, 2.05) is 11.8 Å². The first-order valence-electron chi connectivity index (χ1n) is 6.77. The van der Waals surface area contributed by atoms with Crippen LogP contribution < -0.4 is 5.32 Å². The van der Waals surface area contributed by atoms with Gasteiger partial charge >= 0.3 is 0 Å². The molecular formula is C14H18ClN3O2. The molecule has 1 saturated heterocycles. The molecule has 0 aliphatic carbocycles. The van der Waals surface area contributed by atoms with E-state index in [1.165, 1.54) is 6.20 Å². The molecule has 5 nitrogen and oxygen atoms in total. The van der Waals surface area contributed by atoms with Gasteiger partial charge in [-0.25, -0.2) is 4.98 Å². The number of piperidine rings is 1. The minimum atomic E-state index is -0.252. The number of halogens is 1. The molecule has 2 heterocycles. The molecule has 0 aromatic carbocycles. The quantitative estimate of drug-likeness (QED) is 0.922. The van der Waals surface area contributed by atoms with Gasteiger partial charge in [-0.3, -0.25) is 9.59 Å². The fourth-order valence-electron chi connectivity index (χ4n) is 2.24. The van der Waals surface area contributed by atoms with Crippen molar-refractivity contribution in [1.29, 1.82) is 0 Å². The first-order chi connectivity index (χ1) is 9.58. The first kappa shape index (κ1) is 14.8. The van der Waals surface area contributed by atoms with E-state index in [1.54, 1.807) is 12.1 Å². The van der Waals surface area contributed by atoms with E-state index < -0.39 is 0 Å². The molecule has 1 N–H and O–H groups in total. The van der Waals surface area contributed by atoms with Crippen LogP contribution in [0.15, 0.2) is 18.3 Å². The van der Waals surface area contributed by atoms with Crippen LogP contribution in [0.1, 0.15) is 36.7 Å². The number of likely N-dealkylation sites (tertiary alicyclic amines) is 1. The maximum absolute atomic E-state index is 11.9. The molecule has 0 saturated carbocycles. The van der Waals surface area contributed by atoms with Gasteiger partial charge in [0.1, 0.15) is 5.69 Å². The van der Waals surface area contributed by atoms with Gasteiger partial charge in [-0.2, -0.15) is 0 Å². The minimum absolute atomic E-state index is 0.000879. The molecule has 6 heteroatoms. The molecule has 2 rings (SSSR count). The minimum Gasteiger partial charge on any atom is -0.349 e. The summed E-state index contributed by atoms with van der Waals surface area (Å²) >= 11 is 5.72. The third-order valence-corrected chi connectivity index (χ3v) is 3.63. The fourth-order valence-corrected chi connectivity index (χ4v) is 2.36. The summed E-state index contributed by atoms with van der Waals surface area (Å²) in [6.07, 6.45) is 4.04. The summed E-state index contributed by atoms with van der Waals surface area (Å²) in [5, 5.41) is 3.29. The Labute approximate surface area is 123 Å². The van der Waals surface area contributed by atoms with Crippen molar-refractivity contribution in [3.05, 3.63) is 29.0 Å². The summed E-state index contributed by atoms with van der Waals surface area (Å²) in [7, 11) is 0. The van der Waals surface area contributed by atoms with Gasteiger partial charge in [-0.1, -0.05) is 11.6 Å². The molecule has 1 aliphatic rings. The van der Waals surface area contributed by atoms with Crippen LogP contribution in [0, 0.1) is 0 Å². The smallest absolute Gasteiger partial charge is 0.269 e. The molecule has 1 atom stereocenters. The SMILES string of the molecule is C[C@H](CNC(=O)c1ccc(Cl)cn1)N1CCCCC1=O. The number of carbonyl (C=O) groups is 2. The van der Waals surface area contributed by atoms with Gasteiger partial charge in [-0.05, 0) is 31.9 Å². The Morgan fingerprint density at radius 3 is 2.95 bits per heavy atom. The Hall–Kier alpha value is -1.62. The lowest BCUT2D eigenvalue weighted by molar-refractivity contribution is -0.135. The highest BCUT2D eigenvalue weighted by Gasteiger charge is 2.23. The lowest BCUT2D eigenvalue weighted by atomic mass is 10.1. The van der Waals surface area contributed by atoms with Gasteiger partial charge in [0.15, 0.2) is 0 Å². The summed E-state index contributed by atoms with van der Waals surface area (Å²) < 4.78 is 0. The monoisotopic (exact) mass is 295 g/mol. The second-order valence-corrected chi connectivity index (χ2v) is 5.40. The van der Waals surface area contributed by atoms with Crippen LogP contribution in [0.5, 0.6) is 0 Å². The highest BCUT2D eigenvalue weighted by atomic mass is 35.5. The fraction of sp³-hybridized carbons (Fsp3) is 0.500. The van der Waals surface area contributed by atoms with Gasteiger partial charge in [0.2, 0.25) is 5.91 Å². The number of rotatable bonds is 4. The molecule has 0 radical (unpaired) electrons. The number of nitrogens with one attached hydrogen (secondary N) is 1. The van der Waals surface area contributed by atoms with Crippen LogP contribution in [-0.2, 0) is 4.79 Å². The number of pyridine rings is 1. The Kier molecular flexibility index (Phi) is 4.95. The van der Waals surface area contributed by atoms with Crippen LogP contribution >= 0.6 is 11.6 Å². The average Bonchev–Trinajstić information content (AvgIpc) is 2.45. The van der Waals surface area contributed by atoms with Gasteiger partial charge < -0.3 is 10.2 Å². The zero-order valence-corrected chi connectivity index (χ0v) is 12.2. The standard InChI is InChI=1S/C14H18ClN3O2/c1-10(18-7-3-2-4-13(18)19)8-17-14(20)12-6-5-11(15)9-16-12/h5-6,9-10H,2-4,7-8H2,1H3,(H,17,20)/t10-/m1/s1. The third-order valence-electron chi connectivity index (χ3n) is 3.41. The first-order valence-corrected chi connectivity index (χ1v) is 7.15. The largest absolute Gasteiger partial charge is 0.349 e. The van der Waals surface area contributed by atoms with Crippen molar-refractivity contribution < 1.29 is 9.59 Å². The maximum atomic E-state index is 11.9. The van der Waals surface area contributed by atoms with Crippen molar-refractivity contribution in [3.8, 4) is 0 Å². The van der Waals surface area contributed by atoms with Crippen molar-refractivity contribution >= 4 is 23.4 Å². The summed E-state index contributed by atoms with van der Waals surface area (Å²) in [5.74, 6) is -0.0828. The van der Waals surface area contributed by atoms with Crippen molar-refractivity contribution in [2.45, 2.75) is 32.2 Å². The molecule has 1 fully saturated rings. The van der Waals surface area contributed by atoms with Crippen LogP contribution in [0.2, 0.25) is 5.02 Å². The van der Waals surface area contributed by atoms with Gasteiger partial charge in [0, 0.05) is 31.7 Å². The molecule has 108 valence electrons. The summed E-state index contributed by atoms with van der Waals surface area (Å²) in [6, 6.07) is 3.20. The zero-order valence-electron chi connectivity index (χ0n) is 11.4. The Balaban J connectivity index is 1.86.